The summed E-state index contributed by atoms with van der Waals surface area (Å²) in [6.45, 7) is -0.0268. The predicted molar refractivity (Wildman–Crippen MR) is 75.0 cm³/mol. The zero-order valence-corrected chi connectivity index (χ0v) is 12.3. The number of hydrogen-bond donors (Lipinski definition) is 2. The molecular weight excluding hydrogens is 321 g/mol. The lowest BCUT2D eigenvalue weighted by molar-refractivity contribution is -0.0384. The number of ether oxygens (including phenoxy) is 1. The third kappa shape index (κ3) is 4.62. The van der Waals surface area contributed by atoms with Gasteiger partial charge in [-0.1, -0.05) is 18.2 Å². The first kappa shape index (κ1) is 16.6. The number of halogens is 3. The smallest absolute Gasteiger partial charge is 0.471 e. The predicted octanol–water partition coefficient (Wildman–Crippen LogP) is 1.56. The Bertz CT molecular complexity index is 566. The molecule has 1 aliphatic rings. The van der Waals surface area contributed by atoms with Gasteiger partial charge in [0.2, 0.25) is 0 Å². The summed E-state index contributed by atoms with van der Waals surface area (Å²) < 4.78 is 52.4. The molecule has 0 aromatic heterocycles. The Labute approximate surface area is 127 Å². The second kappa shape index (κ2) is 6.99. The topological polar surface area (TPSA) is 67.4 Å². The van der Waals surface area contributed by atoms with E-state index in [1.165, 1.54) is 0 Å². The third-order valence-electron chi connectivity index (χ3n) is 3.05. The molecule has 1 aliphatic heterocycles. The van der Waals surface area contributed by atoms with E-state index in [0.29, 0.717) is 13.0 Å². The van der Waals surface area contributed by atoms with Crippen LogP contribution in [0.3, 0.4) is 0 Å². The molecular formula is C13H15F3N2O3S. The molecule has 0 fully saturated rings. The van der Waals surface area contributed by atoms with Gasteiger partial charge < -0.3 is 15.4 Å². The van der Waals surface area contributed by atoms with E-state index in [1.807, 2.05) is 24.3 Å². The van der Waals surface area contributed by atoms with E-state index in [0.717, 1.165) is 11.3 Å². The Morgan fingerprint density at radius 3 is 2.82 bits per heavy atom. The van der Waals surface area contributed by atoms with Gasteiger partial charge in [0.1, 0.15) is 23.2 Å². The standard InChI is InChI=1S/C13H15F3N2O3S/c14-13(15,16)22(20)6-5-17-12(19)18-10-7-9-3-1-2-4-11(9)21-8-10/h1-4,10H,5-8H2,(H2,17,18,19). The van der Waals surface area contributed by atoms with E-state index in [2.05, 4.69) is 10.6 Å². The number of hydrogen-bond acceptors (Lipinski definition) is 3. The van der Waals surface area contributed by atoms with Crippen molar-refractivity contribution in [3.05, 3.63) is 29.8 Å². The maximum atomic E-state index is 12.0. The molecule has 0 spiro atoms. The van der Waals surface area contributed by atoms with E-state index in [-0.39, 0.29) is 12.6 Å². The van der Waals surface area contributed by atoms with Crippen molar-refractivity contribution >= 4 is 16.8 Å². The van der Waals surface area contributed by atoms with Crippen LogP contribution in [0.5, 0.6) is 5.75 Å². The number of amides is 2. The van der Waals surface area contributed by atoms with Crippen molar-refractivity contribution in [1.82, 2.24) is 10.6 Å². The number of carbonyl (C=O) groups excluding carboxylic acids is 1. The Hall–Kier alpha value is -1.77. The van der Waals surface area contributed by atoms with Gasteiger partial charge in [-0.25, -0.2) is 4.79 Å². The van der Waals surface area contributed by atoms with Crippen LogP contribution in [-0.2, 0) is 17.2 Å². The molecule has 1 heterocycles. The average Bonchev–Trinajstić information content (AvgIpc) is 2.46. The van der Waals surface area contributed by atoms with Gasteiger partial charge in [-0.3, -0.25) is 4.21 Å². The minimum atomic E-state index is -4.75. The van der Waals surface area contributed by atoms with Gasteiger partial charge in [-0.15, -0.1) is 0 Å². The lowest BCUT2D eigenvalue weighted by Crippen LogP contribution is -2.48. The van der Waals surface area contributed by atoms with Crippen molar-refractivity contribution < 1.29 is 26.9 Å². The summed E-state index contributed by atoms with van der Waals surface area (Å²) in [5, 5.41) is 4.88. The van der Waals surface area contributed by atoms with Gasteiger partial charge >= 0.3 is 11.5 Å². The first-order valence-corrected chi connectivity index (χ1v) is 7.88. The van der Waals surface area contributed by atoms with E-state index >= 15 is 0 Å². The molecule has 1 aromatic rings. The van der Waals surface area contributed by atoms with Crippen molar-refractivity contribution in [2.24, 2.45) is 0 Å². The van der Waals surface area contributed by atoms with Gasteiger partial charge in [-0.2, -0.15) is 13.2 Å². The highest BCUT2D eigenvalue weighted by Gasteiger charge is 2.36. The van der Waals surface area contributed by atoms with E-state index in [4.69, 9.17) is 4.74 Å². The fourth-order valence-electron chi connectivity index (χ4n) is 2.03. The van der Waals surface area contributed by atoms with Crippen LogP contribution < -0.4 is 15.4 Å². The van der Waals surface area contributed by atoms with Gasteiger partial charge in [0.15, 0.2) is 0 Å². The van der Waals surface area contributed by atoms with Gasteiger partial charge in [-0.05, 0) is 18.1 Å². The maximum absolute atomic E-state index is 12.0. The molecule has 2 amide bonds. The zero-order valence-electron chi connectivity index (χ0n) is 11.5. The average molecular weight is 336 g/mol. The van der Waals surface area contributed by atoms with Gasteiger partial charge in [0.05, 0.1) is 6.04 Å². The van der Waals surface area contributed by atoms with Crippen molar-refractivity contribution in [3.63, 3.8) is 0 Å². The van der Waals surface area contributed by atoms with Crippen LogP contribution >= 0.6 is 0 Å². The zero-order chi connectivity index (χ0) is 16.2. The van der Waals surface area contributed by atoms with E-state index in [1.54, 1.807) is 0 Å². The fraction of sp³-hybridized carbons (Fsp3) is 0.462. The number of fused-ring (bicyclic) bond motifs is 1. The first-order valence-electron chi connectivity index (χ1n) is 6.56. The lowest BCUT2D eigenvalue weighted by atomic mass is 10.0. The SMILES string of the molecule is O=C(NCCS(=O)C(F)(F)F)NC1COc2ccccc2C1. The molecule has 9 heteroatoms. The molecule has 5 nitrogen and oxygen atoms in total. The number of rotatable bonds is 4. The summed E-state index contributed by atoms with van der Waals surface area (Å²) in [5.41, 5.74) is -3.80. The number of nitrogens with one attached hydrogen (secondary N) is 2. The fourth-order valence-corrected chi connectivity index (χ4v) is 2.55. The maximum Gasteiger partial charge on any atom is 0.471 e. The van der Waals surface area contributed by atoms with Gasteiger partial charge in [0.25, 0.3) is 0 Å². The second-order valence-electron chi connectivity index (χ2n) is 4.72. The third-order valence-corrected chi connectivity index (χ3v) is 4.14. The Kier molecular flexibility index (Phi) is 5.28. The van der Waals surface area contributed by atoms with E-state index in [9.17, 15) is 22.2 Å². The number of para-hydroxylation sites is 1. The number of alkyl halides is 3. The summed E-state index contributed by atoms with van der Waals surface area (Å²) in [4.78, 5) is 11.6. The Morgan fingerprint density at radius 2 is 2.09 bits per heavy atom. The first-order chi connectivity index (χ1) is 10.4. The largest absolute Gasteiger partial charge is 0.491 e. The van der Waals surface area contributed by atoms with Gasteiger partial charge in [0, 0.05) is 12.3 Å². The summed E-state index contributed by atoms with van der Waals surface area (Å²) in [7, 11) is -2.96. The molecule has 2 N–H and O–H groups in total. The summed E-state index contributed by atoms with van der Waals surface area (Å²) in [6, 6.07) is 6.55. The summed E-state index contributed by atoms with van der Waals surface area (Å²) >= 11 is 0. The van der Waals surface area contributed by atoms with E-state index < -0.39 is 28.1 Å². The normalized spacial score (nSPS) is 18.8. The quantitative estimate of drug-likeness (QED) is 0.877. The van der Waals surface area contributed by atoms with Crippen LogP contribution in [0.4, 0.5) is 18.0 Å². The molecule has 2 unspecified atom stereocenters. The Balaban J connectivity index is 1.74. The lowest BCUT2D eigenvalue weighted by Gasteiger charge is -2.26. The van der Waals surface area contributed by atoms with Crippen molar-refractivity contribution in [3.8, 4) is 5.75 Å². The van der Waals surface area contributed by atoms with Crippen LogP contribution in [0.25, 0.3) is 0 Å². The minimum absolute atomic E-state index is 0.261. The highest BCUT2D eigenvalue weighted by Crippen LogP contribution is 2.23. The number of benzene rings is 1. The summed E-state index contributed by atoms with van der Waals surface area (Å²) in [5.74, 6) is 0.0996. The molecule has 0 saturated carbocycles. The molecule has 2 rings (SSSR count). The summed E-state index contributed by atoms with van der Waals surface area (Å²) in [6.07, 6.45) is 0.581. The van der Waals surface area contributed by atoms with Crippen molar-refractivity contribution in [2.75, 3.05) is 18.9 Å². The molecule has 0 radical (unpaired) electrons. The van der Waals surface area contributed by atoms with Crippen molar-refractivity contribution in [2.45, 2.75) is 18.0 Å². The van der Waals surface area contributed by atoms with Crippen LogP contribution in [0.1, 0.15) is 5.56 Å². The molecule has 22 heavy (non-hydrogen) atoms. The molecule has 0 saturated heterocycles. The second-order valence-corrected chi connectivity index (χ2v) is 6.28. The molecule has 2 atom stereocenters. The minimum Gasteiger partial charge on any atom is -0.491 e. The van der Waals surface area contributed by atoms with Crippen molar-refractivity contribution in [1.29, 1.82) is 0 Å². The van der Waals surface area contributed by atoms with Crippen LogP contribution in [0, 0.1) is 0 Å². The Morgan fingerprint density at radius 1 is 1.36 bits per heavy atom. The number of urea groups is 1. The molecule has 0 aliphatic carbocycles. The highest BCUT2D eigenvalue weighted by atomic mass is 32.2. The van der Waals surface area contributed by atoms with Crippen LogP contribution in [0.15, 0.2) is 24.3 Å². The molecule has 122 valence electrons. The number of carbonyl (C=O) groups is 1. The van der Waals surface area contributed by atoms with Crippen LogP contribution in [-0.4, -0.2) is 40.7 Å². The highest BCUT2D eigenvalue weighted by molar-refractivity contribution is 7.85. The molecule has 1 aromatic carbocycles. The molecule has 0 bridgehead atoms. The van der Waals surface area contributed by atoms with Crippen LogP contribution in [0.2, 0.25) is 0 Å². The monoisotopic (exact) mass is 336 g/mol.